The SMILES string of the molecule is CCC(O)C(C)C1OC1CC(C)(O)C=CC=C(C)C1OC(=O)CC(O)CCC(C)(OC)C(OC(=O)N2CCCN(C3CCCC3)CC2)C=CC1C. The predicted molar refractivity (Wildman–Crippen MR) is 196 cm³/mol. The molecule has 0 radical (unpaired) electrons. The zero-order valence-corrected chi connectivity index (χ0v) is 32.2. The predicted octanol–water partition coefficient (Wildman–Crippen LogP) is 5.31. The van der Waals surface area contributed by atoms with Gasteiger partial charge in [-0.3, -0.25) is 9.69 Å². The van der Waals surface area contributed by atoms with Gasteiger partial charge >= 0.3 is 12.1 Å². The highest BCUT2D eigenvalue weighted by Gasteiger charge is 2.47. The van der Waals surface area contributed by atoms with Crippen molar-refractivity contribution in [1.82, 2.24) is 9.80 Å². The highest BCUT2D eigenvalue weighted by Crippen LogP contribution is 2.38. The highest BCUT2D eigenvalue weighted by atomic mass is 16.6. The quantitative estimate of drug-likeness (QED) is 0.111. The van der Waals surface area contributed by atoms with Crippen LogP contribution in [-0.4, -0.2) is 124 Å². The van der Waals surface area contributed by atoms with Crippen LogP contribution in [0, 0.1) is 11.8 Å². The molecule has 1 aliphatic carbocycles. The van der Waals surface area contributed by atoms with Crippen LogP contribution in [0.25, 0.3) is 0 Å². The summed E-state index contributed by atoms with van der Waals surface area (Å²) in [5.41, 5.74) is -1.34. The normalized spacial score (nSPS) is 34.6. The summed E-state index contributed by atoms with van der Waals surface area (Å²) in [7, 11) is 1.58. The van der Waals surface area contributed by atoms with Crippen LogP contribution >= 0.6 is 0 Å². The van der Waals surface area contributed by atoms with Gasteiger partial charge in [0.2, 0.25) is 0 Å². The first-order chi connectivity index (χ1) is 24.2. The van der Waals surface area contributed by atoms with Crippen molar-refractivity contribution in [3.63, 3.8) is 0 Å². The summed E-state index contributed by atoms with van der Waals surface area (Å²) >= 11 is 0. The van der Waals surface area contributed by atoms with E-state index >= 15 is 0 Å². The van der Waals surface area contributed by atoms with Gasteiger partial charge in [-0.2, -0.15) is 0 Å². The summed E-state index contributed by atoms with van der Waals surface area (Å²) in [4.78, 5) is 31.0. The lowest BCUT2D eigenvalue weighted by atomic mass is 9.88. The minimum absolute atomic E-state index is 0.00261. The van der Waals surface area contributed by atoms with Crippen molar-refractivity contribution >= 4 is 12.1 Å². The molecule has 11 heteroatoms. The second-order valence-electron chi connectivity index (χ2n) is 16.0. The number of esters is 1. The number of rotatable bonds is 11. The Balaban J connectivity index is 1.47. The van der Waals surface area contributed by atoms with Gasteiger partial charge < -0.3 is 39.2 Å². The lowest BCUT2D eigenvalue weighted by Gasteiger charge is -2.37. The van der Waals surface area contributed by atoms with E-state index in [1.54, 1.807) is 31.1 Å². The lowest BCUT2D eigenvalue weighted by molar-refractivity contribution is -0.151. The molecule has 3 N–H and O–H groups in total. The van der Waals surface area contributed by atoms with Gasteiger partial charge in [-0.05, 0) is 70.9 Å². The van der Waals surface area contributed by atoms with Crippen LogP contribution in [0.1, 0.15) is 106 Å². The Morgan fingerprint density at radius 1 is 1.16 bits per heavy atom. The van der Waals surface area contributed by atoms with E-state index in [9.17, 15) is 24.9 Å². The van der Waals surface area contributed by atoms with Crippen LogP contribution in [0.5, 0.6) is 0 Å². The molecule has 10 atom stereocenters. The van der Waals surface area contributed by atoms with Crippen molar-refractivity contribution in [3.8, 4) is 0 Å². The molecule has 3 fully saturated rings. The number of aliphatic hydroxyl groups excluding tert-OH is 2. The molecular weight excluding hydrogens is 652 g/mol. The summed E-state index contributed by atoms with van der Waals surface area (Å²) in [5, 5.41) is 32.1. The largest absolute Gasteiger partial charge is 0.457 e. The van der Waals surface area contributed by atoms with Gasteiger partial charge in [-0.25, -0.2) is 4.79 Å². The first kappa shape index (κ1) is 41.5. The molecule has 0 aromatic heterocycles. The van der Waals surface area contributed by atoms with E-state index in [2.05, 4.69) is 4.90 Å². The number of carbonyl (C=O) groups excluding carboxylic acids is 2. The van der Waals surface area contributed by atoms with Gasteiger partial charge in [0, 0.05) is 57.6 Å². The number of carbonyl (C=O) groups is 2. The molecule has 4 rings (SSSR count). The van der Waals surface area contributed by atoms with Crippen molar-refractivity contribution in [3.05, 3.63) is 36.0 Å². The standard InChI is InChI=1S/C40H66N2O9/c1-8-32(44)29(4)37-33(49-37)26-39(5,47)19-11-13-27(2)36-28(3)16-17-34(40(6,48-7)20-18-31(43)25-35(45)51-36)50-38(46)42-22-12-21-41(23-24-42)30-14-9-10-15-30/h11,13,16-17,19,28-34,36-37,43-44,47H,8-10,12,14-15,18,20-26H2,1-7H3. The maximum Gasteiger partial charge on any atom is 0.410 e. The molecule has 10 unspecified atom stereocenters. The van der Waals surface area contributed by atoms with Crippen LogP contribution in [0.2, 0.25) is 0 Å². The second-order valence-corrected chi connectivity index (χ2v) is 16.0. The molecule has 4 aliphatic rings. The topological polar surface area (TPSA) is 142 Å². The Kier molecular flexibility index (Phi) is 15.2. The van der Waals surface area contributed by atoms with Crippen molar-refractivity contribution in [1.29, 1.82) is 0 Å². The van der Waals surface area contributed by atoms with E-state index < -0.39 is 41.6 Å². The van der Waals surface area contributed by atoms with Gasteiger partial charge in [-0.15, -0.1) is 0 Å². The maximum atomic E-state index is 13.7. The van der Waals surface area contributed by atoms with Crippen molar-refractivity contribution in [2.45, 2.75) is 160 Å². The van der Waals surface area contributed by atoms with Gasteiger partial charge in [0.05, 0.1) is 36.4 Å². The monoisotopic (exact) mass is 718 g/mol. The average molecular weight is 719 g/mol. The fourth-order valence-corrected chi connectivity index (χ4v) is 7.95. The van der Waals surface area contributed by atoms with E-state index in [1.165, 1.54) is 25.7 Å². The zero-order valence-electron chi connectivity index (χ0n) is 32.2. The van der Waals surface area contributed by atoms with E-state index in [-0.39, 0.29) is 43.0 Å². The summed E-state index contributed by atoms with van der Waals surface area (Å²) in [5.74, 6) is -0.826. The molecule has 0 bridgehead atoms. The number of ether oxygens (including phenoxy) is 4. The minimum Gasteiger partial charge on any atom is -0.457 e. The van der Waals surface area contributed by atoms with Gasteiger partial charge in [0.1, 0.15) is 11.7 Å². The molecule has 0 aromatic rings. The fourth-order valence-electron chi connectivity index (χ4n) is 7.95. The Labute approximate surface area is 306 Å². The van der Waals surface area contributed by atoms with Crippen LogP contribution in [0.15, 0.2) is 36.0 Å². The Morgan fingerprint density at radius 3 is 2.57 bits per heavy atom. The average Bonchev–Trinajstić information content (AvgIpc) is 3.71. The smallest absolute Gasteiger partial charge is 0.410 e. The van der Waals surface area contributed by atoms with Gasteiger partial charge in [-0.1, -0.05) is 57.9 Å². The molecule has 0 spiro atoms. The Bertz CT molecular complexity index is 1230. The number of cyclic esters (lactones) is 1. The number of hydrogen-bond acceptors (Lipinski definition) is 10. The van der Waals surface area contributed by atoms with E-state index in [0.29, 0.717) is 38.4 Å². The fraction of sp³-hybridized carbons (Fsp3) is 0.800. The summed E-state index contributed by atoms with van der Waals surface area (Å²) in [6, 6.07) is 0.614. The summed E-state index contributed by atoms with van der Waals surface area (Å²) < 4.78 is 23.9. The van der Waals surface area contributed by atoms with Crippen molar-refractivity contribution in [2.75, 3.05) is 33.3 Å². The van der Waals surface area contributed by atoms with Crippen LogP contribution in [0.4, 0.5) is 4.79 Å². The number of nitrogens with zero attached hydrogens (tertiary/aromatic N) is 2. The first-order valence-electron chi connectivity index (χ1n) is 19.4. The Hall–Kier alpha value is -2.28. The van der Waals surface area contributed by atoms with E-state index in [0.717, 1.165) is 25.1 Å². The van der Waals surface area contributed by atoms with Crippen LogP contribution in [-0.2, 0) is 23.7 Å². The maximum absolute atomic E-state index is 13.7. The minimum atomic E-state index is -1.14. The van der Waals surface area contributed by atoms with Crippen molar-refractivity contribution < 1.29 is 43.9 Å². The molecule has 1 amide bonds. The molecule has 290 valence electrons. The molecule has 0 aromatic carbocycles. The summed E-state index contributed by atoms with van der Waals surface area (Å²) in [6.07, 6.45) is 13.1. The lowest BCUT2D eigenvalue weighted by Crippen LogP contribution is -2.47. The summed E-state index contributed by atoms with van der Waals surface area (Å²) in [6.45, 7) is 14.4. The third kappa shape index (κ3) is 11.9. The molecule has 51 heavy (non-hydrogen) atoms. The van der Waals surface area contributed by atoms with E-state index in [1.807, 2.05) is 52.8 Å². The number of amides is 1. The number of allylic oxidation sites excluding steroid dienone is 2. The van der Waals surface area contributed by atoms with Crippen LogP contribution in [0.3, 0.4) is 0 Å². The Morgan fingerprint density at radius 2 is 1.88 bits per heavy atom. The molecular formula is C40H66N2O9. The van der Waals surface area contributed by atoms with Crippen molar-refractivity contribution in [2.24, 2.45) is 11.8 Å². The number of hydrogen-bond donors (Lipinski definition) is 3. The molecule has 3 aliphatic heterocycles. The zero-order chi connectivity index (χ0) is 37.3. The second kappa shape index (κ2) is 18.7. The van der Waals surface area contributed by atoms with E-state index in [4.69, 9.17) is 18.9 Å². The molecule has 1 saturated carbocycles. The number of methoxy groups -OCH3 is 1. The van der Waals surface area contributed by atoms with Crippen LogP contribution < -0.4 is 0 Å². The highest BCUT2D eigenvalue weighted by molar-refractivity contribution is 5.70. The van der Waals surface area contributed by atoms with Gasteiger partial charge in [0.25, 0.3) is 0 Å². The molecule has 11 nitrogen and oxygen atoms in total. The number of aliphatic hydroxyl groups is 3. The third-order valence-corrected chi connectivity index (χ3v) is 11.7. The molecule has 2 saturated heterocycles. The third-order valence-electron chi connectivity index (χ3n) is 11.7. The number of epoxide rings is 1. The molecule has 3 heterocycles. The van der Waals surface area contributed by atoms with Gasteiger partial charge in [0.15, 0.2) is 6.10 Å². The first-order valence-corrected chi connectivity index (χ1v) is 19.4.